The van der Waals surface area contributed by atoms with Gasteiger partial charge in [-0.2, -0.15) is 4.90 Å². The van der Waals surface area contributed by atoms with Crippen LogP contribution in [0.1, 0.15) is 67.7 Å². The predicted molar refractivity (Wildman–Crippen MR) is 124 cm³/mol. The summed E-state index contributed by atoms with van der Waals surface area (Å²) in [4.78, 5) is 39.7. The van der Waals surface area contributed by atoms with Crippen LogP contribution in [0.4, 0.5) is 9.59 Å². The molecule has 1 saturated heterocycles. The lowest BCUT2D eigenvalue weighted by molar-refractivity contribution is -0.162. The highest BCUT2D eigenvalue weighted by molar-refractivity contribution is 5.94. The van der Waals surface area contributed by atoms with E-state index in [-0.39, 0.29) is 6.42 Å². The molecule has 190 valence electrons. The standard InChI is InChI=1S/C25H37NO8/c1-16-20(27)19(32-17-12-9-8-10-13-17)15-11-14-18(21(28)31-16)26(22(29)33-24(2,3)4)23(30)34-25(5,6)7/h8-10,12-13,16,18-20,27H,11,14-15H2,1-7H3. The Morgan fingerprint density at radius 1 is 0.971 bits per heavy atom. The number of amides is 2. The van der Waals surface area contributed by atoms with Crippen molar-refractivity contribution in [1.82, 2.24) is 4.90 Å². The molecule has 0 radical (unpaired) electrons. The number of para-hydroxylation sites is 1. The molecule has 1 aromatic rings. The summed E-state index contributed by atoms with van der Waals surface area (Å²) in [6.45, 7) is 11.5. The van der Waals surface area contributed by atoms with Gasteiger partial charge in [-0.05, 0) is 79.9 Å². The number of imide groups is 1. The zero-order valence-corrected chi connectivity index (χ0v) is 21.1. The van der Waals surface area contributed by atoms with E-state index in [2.05, 4.69) is 0 Å². The van der Waals surface area contributed by atoms with Gasteiger partial charge >= 0.3 is 18.2 Å². The number of aliphatic hydroxyl groups is 1. The Kier molecular flexibility index (Phi) is 8.94. The van der Waals surface area contributed by atoms with Gasteiger partial charge in [0.2, 0.25) is 0 Å². The van der Waals surface area contributed by atoms with E-state index in [0.29, 0.717) is 23.5 Å². The van der Waals surface area contributed by atoms with Gasteiger partial charge in [0.15, 0.2) is 0 Å². The van der Waals surface area contributed by atoms with Gasteiger partial charge < -0.3 is 24.1 Å². The molecule has 1 fully saturated rings. The minimum absolute atomic E-state index is 0.0887. The number of ether oxygens (including phenoxy) is 4. The van der Waals surface area contributed by atoms with E-state index in [1.165, 1.54) is 6.92 Å². The van der Waals surface area contributed by atoms with E-state index in [9.17, 15) is 19.5 Å². The number of hydrogen-bond acceptors (Lipinski definition) is 8. The summed E-state index contributed by atoms with van der Waals surface area (Å²) in [6.07, 6.45) is -3.90. The number of aliphatic hydroxyl groups excluding tert-OH is 1. The van der Waals surface area contributed by atoms with E-state index >= 15 is 0 Å². The van der Waals surface area contributed by atoms with Gasteiger partial charge in [-0.25, -0.2) is 14.4 Å². The highest BCUT2D eigenvalue weighted by Crippen LogP contribution is 2.26. The summed E-state index contributed by atoms with van der Waals surface area (Å²) in [6, 6.07) is 7.74. The third-order valence-electron chi connectivity index (χ3n) is 4.92. The number of hydrogen-bond donors (Lipinski definition) is 1. The van der Waals surface area contributed by atoms with Crippen molar-refractivity contribution in [3.05, 3.63) is 30.3 Å². The van der Waals surface area contributed by atoms with Crippen molar-refractivity contribution in [2.24, 2.45) is 0 Å². The van der Waals surface area contributed by atoms with Gasteiger partial charge in [0.05, 0.1) is 0 Å². The number of carbonyl (C=O) groups is 3. The minimum atomic E-state index is -1.28. The number of carbonyl (C=O) groups excluding carboxylic acids is 3. The van der Waals surface area contributed by atoms with Gasteiger partial charge in [-0.3, -0.25) is 0 Å². The number of cyclic esters (lactones) is 1. The van der Waals surface area contributed by atoms with Crippen LogP contribution in [0.15, 0.2) is 30.3 Å². The first-order chi connectivity index (χ1) is 15.7. The fourth-order valence-corrected chi connectivity index (χ4v) is 3.42. The SMILES string of the molecule is CC1OC(=O)C(N(C(=O)OC(C)(C)C)C(=O)OC(C)(C)C)CCCC(Oc2ccccc2)C1O. The Morgan fingerprint density at radius 3 is 2.00 bits per heavy atom. The highest BCUT2D eigenvalue weighted by atomic mass is 16.6. The van der Waals surface area contributed by atoms with Crippen molar-refractivity contribution in [1.29, 1.82) is 0 Å². The molecule has 4 atom stereocenters. The zero-order chi connectivity index (χ0) is 25.7. The molecule has 0 aromatic heterocycles. The Bertz CT molecular complexity index is 815. The molecule has 0 aliphatic carbocycles. The van der Waals surface area contributed by atoms with E-state index in [1.54, 1.807) is 53.7 Å². The number of nitrogens with zero attached hydrogens (tertiary/aromatic N) is 1. The molecule has 34 heavy (non-hydrogen) atoms. The van der Waals surface area contributed by atoms with E-state index in [1.807, 2.05) is 18.2 Å². The smallest absolute Gasteiger partial charge is 0.420 e. The average Bonchev–Trinajstić information content (AvgIpc) is 2.73. The summed E-state index contributed by atoms with van der Waals surface area (Å²) >= 11 is 0. The lowest BCUT2D eigenvalue weighted by Crippen LogP contribution is -2.53. The maximum atomic E-state index is 13.1. The second-order valence-corrected chi connectivity index (χ2v) is 10.4. The molecule has 2 amide bonds. The molecule has 1 aliphatic rings. The van der Waals surface area contributed by atoms with Crippen LogP contribution in [-0.4, -0.2) is 63.7 Å². The number of esters is 1. The van der Waals surface area contributed by atoms with Gasteiger partial charge in [0, 0.05) is 0 Å². The van der Waals surface area contributed by atoms with Crippen LogP contribution in [-0.2, 0) is 19.0 Å². The van der Waals surface area contributed by atoms with Crippen LogP contribution in [0, 0.1) is 0 Å². The number of rotatable bonds is 3. The molecule has 1 aromatic carbocycles. The first kappa shape index (κ1) is 27.4. The van der Waals surface area contributed by atoms with Crippen LogP contribution >= 0.6 is 0 Å². The summed E-state index contributed by atoms with van der Waals surface area (Å²) < 4.78 is 22.2. The molecule has 9 heteroatoms. The minimum Gasteiger partial charge on any atom is -0.488 e. The molecular weight excluding hydrogens is 442 g/mol. The van der Waals surface area contributed by atoms with Crippen molar-refractivity contribution in [2.45, 2.75) is 103 Å². The Hall–Kier alpha value is -2.81. The Labute approximate surface area is 201 Å². The third-order valence-corrected chi connectivity index (χ3v) is 4.92. The zero-order valence-electron chi connectivity index (χ0n) is 21.1. The molecule has 2 rings (SSSR count). The summed E-state index contributed by atoms with van der Waals surface area (Å²) in [5.74, 6) is -0.256. The fourth-order valence-electron chi connectivity index (χ4n) is 3.42. The normalized spacial score (nSPS) is 24.1. The molecule has 1 N–H and O–H groups in total. The van der Waals surface area contributed by atoms with Gasteiger partial charge in [0.25, 0.3) is 0 Å². The lowest BCUT2D eigenvalue weighted by atomic mass is 10.0. The fraction of sp³-hybridized carbons (Fsp3) is 0.640. The maximum absolute atomic E-state index is 13.1. The molecule has 4 unspecified atom stereocenters. The summed E-state index contributed by atoms with van der Waals surface area (Å²) in [5.41, 5.74) is -1.81. The van der Waals surface area contributed by atoms with Crippen LogP contribution in [0.3, 0.4) is 0 Å². The van der Waals surface area contributed by atoms with Gasteiger partial charge in [-0.1, -0.05) is 18.2 Å². The monoisotopic (exact) mass is 479 g/mol. The third kappa shape index (κ3) is 8.20. The topological polar surface area (TPSA) is 112 Å². The lowest BCUT2D eigenvalue weighted by Gasteiger charge is -2.32. The van der Waals surface area contributed by atoms with Crippen molar-refractivity contribution in [3.8, 4) is 5.75 Å². The van der Waals surface area contributed by atoms with Crippen LogP contribution in [0.25, 0.3) is 0 Å². The van der Waals surface area contributed by atoms with Gasteiger partial charge in [0.1, 0.15) is 41.3 Å². The molecule has 1 heterocycles. The molecule has 1 aliphatic heterocycles. The quantitative estimate of drug-likeness (QED) is 0.500. The van der Waals surface area contributed by atoms with Crippen LogP contribution in [0.2, 0.25) is 0 Å². The molecule has 0 spiro atoms. The maximum Gasteiger partial charge on any atom is 0.420 e. The predicted octanol–water partition coefficient (Wildman–Crippen LogP) is 4.45. The second-order valence-electron chi connectivity index (χ2n) is 10.4. The molecule has 9 nitrogen and oxygen atoms in total. The van der Waals surface area contributed by atoms with E-state index < -0.39 is 53.7 Å². The Morgan fingerprint density at radius 2 is 1.50 bits per heavy atom. The Balaban J connectivity index is 2.31. The molecule has 0 bridgehead atoms. The van der Waals surface area contributed by atoms with E-state index in [0.717, 1.165) is 0 Å². The van der Waals surface area contributed by atoms with Crippen LogP contribution in [0.5, 0.6) is 5.75 Å². The van der Waals surface area contributed by atoms with Gasteiger partial charge in [-0.15, -0.1) is 0 Å². The van der Waals surface area contributed by atoms with Crippen molar-refractivity contribution in [3.63, 3.8) is 0 Å². The first-order valence-corrected chi connectivity index (χ1v) is 11.5. The number of benzene rings is 1. The van der Waals surface area contributed by atoms with Crippen molar-refractivity contribution in [2.75, 3.05) is 0 Å². The van der Waals surface area contributed by atoms with Crippen molar-refractivity contribution >= 4 is 18.2 Å². The summed E-state index contributed by atoms with van der Waals surface area (Å²) in [5, 5.41) is 10.8. The summed E-state index contributed by atoms with van der Waals surface area (Å²) in [7, 11) is 0. The highest BCUT2D eigenvalue weighted by Gasteiger charge is 2.43. The van der Waals surface area contributed by atoms with Crippen molar-refractivity contribution < 1.29 is 38.4 Å². The molecule has 0 saturated carbocycles. The van der Waals surface area contributed by atoms with Crippen LogP contribution < -0.4 is 4.74 Å². The molecular formula is C25H37NO8. The first-order valence-electron chi connectivity index (χ1n) is 11.5. The second kappa shape index (κ2) is 11.1. The van der Waals surface area contributed by atoms with E-state index in [4.69, 9.17) is 18.9 Å². The average molecular weight is 480 g/mol. The largest absolute Gasteiger partial charge is 0.488 e.